The molecule has 0 aliphatic carbocycles. The average Bonchev–Trinajstić information content (AvgIpc) is 2.61. The van der Waals surface area contributed by atoms with Gasteiger partial charge in [0, 0.05) is 6.42 Å². The largest absolute Gasteiger partial charge is 0.457 e. The average molecular weight is 226 g/mol. The van der Waals surface area contributed by atoms with Crippen LogP contribution in [-0.4, -0.2) is 12.0 Å². The highest BCUT2D eigenvalue weighted by molar-refractivity contribution is 6.18. The monoisotopic (exact) mass is 225 g/mol. The van der Waals surface area contributed by atoms with Gasteiger partial charge in [-0.05, 0) is 0 Å². The molecule has 15 heavy (non-hydrogen) atoms. The molecular formula is C9H10ClN4O+. The highest BCUT2D eigenvalue weighted by atomic mass is 35.5. The molecule has 1 aromatic heterocycles. The number of nitrogen functional groups attached to an aromatic ring is 2. The molecule has 5 N–H and O–H groups in total. The quantitative estimate of drug-likeness (QED) is 0.661. The number of nitrogens with two attached hydrogens (primary N) is 2. The lowest BCUT2D eigenvalue weighted by atomic mass is 10.1. The number of pyridine rings is 1. The maximum atomic E-state index is 8.86. The highest BCUT2D eigenvalue weighted by Gasteiger charge is 2.30. The first-order valence-electron chi connectivity index (χ1n) is 4.43. The van der Waals surface area contributed by atoms with E-state index in [1.807, 2.05) is 6.07 Å². The minimum Gasteiger partial charge on any atom is -0.457 e. The zero-order valence-electron chi connectivity index (χ0n) is 7.88. The van der Waals surface area contributed by atoms with Crippen LogP contribution in [0.1, 0.15) is 11.1 Å². The van der Waals surface area contributed by atoms with Crippen LogP contribution in [0, 0.1) is 11.3 Å². The van der Waals surface area contributed by atoms with Crippen LogP contribution in [0.5, 0.6) is 5.88 Å². The van der Waals surface area contributed by atoms with Gasteiger partial charge in [0.1, 0.15) is 12.2 Å². The van der Waals surface area contributed by atoms with Gasteiger partial charge in [0.05, 0.1) is 17.1 Å². The summed E-state index contributed by atoms with van der Waals surface area (Å²) in [7, 11) is 0. The molecule has 2 heterocycles. The van der Waals surface area contributed by atoms with Gasteiger partial charge in [-0.1, -0.05) is 0 Å². The molecule has 0 spiro atoms. The van der Waals surface area contributed by atoms with E-state index < -0.39 is 0 Å². The first kappa shape index (κ1) is 9.87. The van der Waals surface area contributed by atoms with Crippen LogP contribution in [0.15, 0.2) is 0 Å². The van der Waals surface area contributed by atoms with Crippen LogP contribution in [0.25, 0.3) is 0 Å². The number of anilines is 2. The van der Waals surface area contributed by atoms with Crippen molar-refractivity contribution in [1.29, 1.82) is 5.26 Å². The van der Waals surface area contributed by atoms with E-state index in [2.05, 4.69) is 4.98 Å². The molecule has 0 bridgehead atoms. The Balaban J connectivity index is 2.53. The van der Waals surface area contributed by atoms with E-state index in [1.165, 1.54) is 0 Å². The number of nitriles is 1. The molecule has 0 radical (unpaired) electrons. The zero-order chi connectivity index (χ0) is 11.0. The summed E-state index contributed by atoms with van der Waals surface area (Å²) in [4.78, 5) is 2.81. The van der Waals surface area contributed by atoms with Gasteiger partial charge in [-0.3, -0.25) is 5.73 Å². The molecule has 1 aromatic rings. The fourth-order valence-corrected chi connectivity index (χ4v) is 1.80. The van der Waals surface area contributed by atoms with E-state index in [9.17, 15) is 0 Å². The molecule has 1 atom stereocenters. The summed E-state index contributed by atoms with van der Waals surface area (Å²) in [6.07, 6.45) is 0.504. The van der Waals surface area contributed by atoms with Crippen LogP contribution >= 0.6 is 11.6 Å². The number of aromatic nitrogens is 1. The van der Waals surface area contributed by atoms with Gasteiger partial charge in [-0.15, -0.1) is 11.6 Å². The number of halogens is 1. The SMILES string of the molecule is N#Cc1c(N)[nH+]c2c(c1N)C[C@@H](CCl)O2. The predicted octanol–water partition coefficient (Wildman–Crippen LogP) is 0.0791. The minimum atomic E-state index is -0.103. The molecule has 1 aliphatic rings. The lowest BCUT2D eigenvalue weighted by Crippen LogP contribution is -2.19. The molecule has 1 aliphatic heterocycles. The van der Waals surface area contributed by atoms with Gasteiger partial charge in [-0.25, -0.2) is 4.98 Å². The number of nitrogens with zero attached hydrogens (tertiary/aromatic N) is 1. The second-order valence-corrected chi connectivity index (χ2v) is 3.65. The van der Waals surface area contributed by atoms with Crippen molar-refractivity contribution in [2.45, 2.75) is 12.5 Å². The summed E-state index contributed by atoms with van der Waals surface area (Å²) in [5, 5.41) is 8.86. The Kier molecular flexibility index (Phi) is 2.29. The first-order chi connectivity index (χ1) is 7.17. The van der Waals surface area contributed by atoms with Crippen LogP contribution in [0.4, 0.5) is 11.5 Å². The maximum Gasteiger partial charge on any atom is 0.293 e. The fraction of sp³-hybridized carbons (Fsp3) is 0.333. The zero-order valence-corrected chi connectivity index (χ0v) is 8.64. The third-order valence-corrected chi connectivity index (χ3v) is 2.73. The summed E-state index contributed by atoms with van der Waals surface area (Å²) < 4.78 is 5.46. The maximum absolute atomic E-state index is 8.86. The smallest absolute Gasteiger partial charge is 0.293 e. The number of hydrogen-bond acceptors (Lipinski definition) is 4. The molecule has 2 rings (SSSR count). The Bertz CT molecular complexity index is 454. The fourth-order valence-electron chi connectivity index (χ4n) is 1.62. The van der Waals surface area contributed by atoms with Crippen molar-refractivity contribution < 1.29 is 9.72 Å². The number of ether oxygens (including phenoxy) is 1. The topological polar surface area (TPSA) is 99.2 Å². The second-order valence-electron chi connectivity index (χ2n) is 3.35. The number of fused-ring (bicyclic) bond motifs is 1. The van der Waals surface area contributed by atoms with Crippen LogP contribution in [0.2, 0.25) is 0 Å². The van der Waals surface area contributed by atoms with E-state index in [0.717, 1.165) is 5.56 Å². The second kappa shape index (κ2) is 3.48. The number of rotatable bonds is 1. The summed E-state index contributed by atoms with van der Waals surface area (Å²) in [6.45, 7) is 0. The van der Waals surface area contributed by atoms with Gasteiger partial charge in [0.25, 0.3) is 11.7 Å². The van der Waals surface area contributed by atoms with Gasteiger partial charge in [-0.2, -0.15) is 5.26 Å². The molecule has 78 valence electrons. The summed E-state index contributed by atoms with van der Waals surface area (Å²) >= 11 is 5.69. The highest BCUT2D eigenvalue weighted by Crippen LogP contribution is 2.33. The van der Waals surface area contributed by atoms with Crippen molar-refractivity contribution in [3.05, 3.63) is 11.1 Å². The Morgan fingerprint density at radius 3 is 2.93 bits per heavy atom. The van der Waals surface area contributed by atoms with Crippen LogP contribution in [-0.2, 0) is 6.42 Å². The lowest BCUT2D eigenvalue weighted by molar-refractivity contribution is -0.377. The Morgan fingerprint density at radius 2 is 2.33 bits per heavy atom. The molecule has 0 aromatic carbocycles. The van der Waals surface area contributed by atoms with E-state index in [1.54, 1.807) is 0 Å². The molecule has 6 heteroatoms. The van der Waals surface area contributed by atoms with E-state index in [0.29, 0.717) is 23.9 Å². The molecule has 0 unspecified atom stereocenters. The molecule has 0 fully saturated rings. The molecule has 5 nitrogen and oxygen atoms in total. The van der Waals surface area contributed by atoms with E-state index in [4.69, 9.17) is 33.1 Å². The summed E-state index contributed by atoms with van der Waals surface area (Å²) in [5.41, 5.74) is 12.9. The molecule has 0 saturated heterocycles. The first-order valence-corrected chi connectivity index (χ1v) is 4.96. The van der Waals surface area contributed by atoms with Crippen molar-refractivity contribution >= 4 is 23.1 Å². The number of aromatic amines is 1. The third-order valence-electron chi connectivity index (χ3n) is 2.39. The number of nitrogens with one attached hydrogen (secondary N) is 1. The van der Waals surface area contributed by atoms with Gasteiger partial charge < -0.3 is 10.5 Å². The Morgan fingerprint density at radius 1 is 1.60 bits per heavy atom. The van der Waals surface area contributed by atoms with Crippen LogP contribution < -0.4 is 21.2 Å². The van der Waals surface area contributed by atoms with E-state index >= 15 is 0 Å². The van der Waals surface area contributed by atoms with Crippen molar-refractivity contribution in [3.8, 4) is 11.9 Å². The van der Waals surface area contributed by atoms with Gasteiger partial charge in [0.2, 0.25) is 0 Å². The Hall–Kier alpha value is -1.67. The summed E-state index contributed by atoms with van der Waals surface area (Å²) in [6, 6.07) is 1.96. The number of alkyl halides is 1. The van der Waals surface area contributed by atoms with Gasteiger partial charge in [0.15, 0.2) is 5.56 Å². The minimum absolute atomic E-state index is 0.103. The predicted molar refractivity (Wildman–Crippen MR) is 55.4 cm³/mol. The standard InChI is InChI=1S/C9H9ClN4O/c10-2-4-1-5-7(12)6(3-11)8(13)14-9(5)15-4/h4H,1-2H2,(H4,12,13,14)/p+1/t4-/m0/s1. The Labute approximate surface area is 91.6 Å². The molecule has 0 saturated carbocycles. The summed E-state index contributed by atoms with van der Waals surface area (Å²) in [5.74, 6) is 1.13. The third kappa shape index (κ3) is 1.43. The number of hydrogen-bond donors (Lipinski definition) is 2. The lowest BCUT2D eigenvalue weighted by Gasteiger charge is -2.02. The van der Waals surface area contributed by atoms with Crippen LogP contribution in [0.3, 0.4) is 0 Å². The number of H-pyrrole nitrogens is 1. The van der Waals surface area contributed by atoms with Crippen molar-refractivity contribution in [2.75, 3.05) is 17.3 Å². The van der Waals surface area contributed by atoms with Crippen molar-refractivity contribution in [2.24, 2.45) is 0 Å². The van der Waals surface area contributed by atoms with E-state index in [-0.39, 0.29) is 17.5 Å². The van der Waals surface area contributed by atoms with Crippen molar-refractivity contribution in [1.82, 2.24) is 0 Å². The van der Waals surface area contributed by atoms with Gasteiger partial charge >= 0.3 is 0 Å². The molecule has 0 amide bonds. The van der Waals surface area contributed by atoms with Crippen molar-refractivity contribution in [3.63, 3.8) is 0 Å². The normalized spacial score (nSPS) is 18.0. The molecular weight excluding hydrogens is 216 g/mol.